The fourth-order valence-corrected chi connectivity index (χ4v) is 10.2. The smallest absolute Gasteiger partial charge is 0.0802 e. The van der Waals surface area contributed by atoms with Gasteiger partial charge in [0.05, 0.1) is 12.2 Å². The number of rotatable bonds is 2. The lowest BCUT2D eigenvalue weighted by atomic mass is 9.59. The molecule has 3 N–H and O–H groups in total. The Balaban J connectivity index is 1.25. The van der Waals surface area contributed by atoms with Crippen LogP contribution in [0.1, 0.15) is 91.9 Å². The molecule has 0 aromatic carbocycles. The van der Waals surface area contributed by atoms with E-state index >= 15 is 0 Å². The molecule has 0 bridgehead atoms. The van der Waals surface area contributed by atoms with Crippen LogP contribution in [0.15, 0.2) is 34.9 Å². The lowest BCUT2D eigenvalue weighted by molar-refractivity contribution is -0.0564. The Labute approximate surface area is 207 Å². The summed E-state index contributed by atoms with van der Waals surface area (Å²) in [4.78, 5) is 0. The second kappa shape index (κ2) is 8.05. The molecule has 1 heterocycles. The second-order valence-electron chi connectivity index (χ2n) is 13.9. The van der Waals surface area contributed by atoms with Crippen molar-refractivity contribution in [3.05, 3.63) is 34.9 Å². The van der Waals surface area contributed by atoms with Crippen molar-refractivity contribution < 1.29 is 10.2 Å². The SMILES string of the molecule is C=C(C)[C@@H]1CC[C@@]2(C)CC([C@@H]3CC[C@H]4C[C@@H]5C[C@H]6C[C@H](O)[C@@H](O)C[C@H]6[C@@H]5[C@@]4(C)N3)=CC(C)=C2C1. The maximum atomic E-state index is 10.5. The van der Waals surface area contributed by atoms with Crippen molar-refractivity contribution >= 4 is 0 Å². The van der Waals surface area contributed by atoms with E-state index in [1.54, 1.807) is 11.1 Å². The highest BCUT2D eigenvalue weighted by Crippen LogP contribution is 2.63. The minimum absolute atomic E-state index is 0.173. The lowest BCUT2D eigenvalue weighted by Crippen LogP contribution is -2.60. The third-order valence-electron chi connectivity index (χ3n) is 11.9. The van der Waals surface area contributed by atoms with Crippen LogP contribution < -0.4 is 5.32 Å². The molecule has 6 rings (SSSR count). The van der Waals surface area contributed by atoms with Crippen LogP contribution in [0.2, 0.25) is 0 Å². The second-order valence-corrected chi connectivity index (χ2v) is 13.9. The summed E-state index contributed by atoms with van der Waals surface area (Å²) in [7, 11) is 0. The summed E-state index contributed by atoms with van der Waals surface area (Å²) in [6.45, 7) is 13.9. The molecular formula is C31H47NO2. The maximum Gasteiger partial charge on any atom is 0.0802 e. The molecule has 4 saturated carbocycles. The molecule has 5 aliphatic carbocycles. The topological polar surface area (TPSA) is 52.5 Å². The number of aliphatic hydroxyl groups excluding tert-OH is 2. The largest absolute Gasteiger partial charge is 0.390 e. The predicted octanol–water partition coefficient (Wildman–Crippen LogP) is 5.93. The van der Waals surface area contributed by atoms with Crippen molar-refractivity contribution in [1.82, 2.24) is 5.32 Å². The van der Waals surface area contributed by atoms with E-state index in [4.69, 9.17) is 0 Å². The van der Waals surface area contributed by atoms with E-state index in [0.717, 1.165) is 24.7 Å². The van der Waals surface area contributed by atoms with Crippen molar-refractivity contribution in [3.63, 3.8) is 0 Å². The van der Waals surface area contributed by atoms with Gasteiger partial charge in [0.1, 0.15) is 0 Å². The average molecular weight is 466 g/mol. The van der Waals surface area contributed by atoms with Crippen LogP contribution in [0.4, 0.5) is 0 Å². The fourth-order valence-electron chi connectivity index (χ4n) is 10.2. The van der Waals surface area contributed by atoms with Crippen molar-refractivity contribution in [1.29, 1.82) is 0 Å². The van der Waals surface area contributed by atoms with Crippen LogP contribution in [0.3, 0.4) is 0 Å². The average Bonchev–Trinajstić information content (AvgIpc) is 3.26. The Bertz CT molecular complexity index is 934. The number of nitrogens with one attached hydrogen (secondary N) is 1. The van der Waals surface area contributed by atoms with Gasteiger partial charge in [-0.05, 0) is 126 Å². The van der Waals surface area contributed by atoms with Crippen LogP contribution in [0.5, 0.6) is 0 Å². The molecule has 0 aromatic heterocycles. The van der Waals surface area contributed by atoms with E-state index in [1.807, 2.05) is 0 Å². The zero-order valence-electron chi connectivity index (χ0n) is 21.9. The minimum Gasteiger partial charge on any atom is -0.390 e. The molecule has 1 saturated heterocycles. The van der Waals surface area contributed by atoms with Crippen molar-refractivity contribution in [2.75, 3.05) is 0 Å². The highest BCUT2D eigenvalue weighted by atomic mass is 16.3. The van der Waals surface area contributed by atoms with E-state index in [-0.39, 0.29) is 5.54 Å². The molecule has 0 spiro atoms. The minimum atomic E-state index is -0.524. The Kier molecular flexibility index (Phi) is 5.56. The molecule has 0 unspecified atom stereocenters. The standard InChI is InChI=1S/C31H47NO2/c1-17(2)19-8-9-30(4)16-22(10-18(3)25(30)13-19)26-7-6-23-12-21-11-20-14-27(33)28(34)15-24(20)29(21)31(23,5)32-26/h10,19-21,23-24,26-29,32-34H,1,6-9,11-16H2,2-5H3/t19-,20+,21+,23+,24-,26+,27+,28+,29-,30+,31+/m1/s1. The Morgan fingerprint density at radius 2 is 1.79 bits per heavy atom. The Morgan fingerprint density at radius 3 is 2.56 bits per heavy atom. The van der Waals surface area contributed by atoms with E-state index in [2.05, 4.69) is 45.7 Å². The first-order chi connectivity index (χ1) is 16.1. The summed E-state index contributed by atoms with van der Waals surface area (Å²) in [5.41, 5.74) is 6.72. The summed E-state index contributed by atoms with van der Waals surface area (Å²) in [5, 5.41) is 25.1. The third-order valence-corrected chi connectivity index (χ3v) is 11.9. The Hall–Kier alpha value is -0.900. The molecule has 188 valence electrons. The molecule has 0 radical (unpaired) electrons. The summed E-state index contributed by atoms with van der Waals surface area (Å²) in [6, 6.07) is 0.491. The number of hydrogen-bond acceptors (Lipinski definition) is 3. The molecule has 1 aliphatic heterocycles. The first-order valence-corrected chi connectivity index (χ1v) is 14.3. The van der Waals surface area contributed by atoms with Crippen LogP contribution in [-0.4, -0.2) is 34.0 Å². The van der Waals surface area contributed by atoms with Gasteiger partial charge in [0.2, 0.25) is 0 Å². The first kappa shape index (κ1) is 23.5. The molecule has 3 nitrogen and oxygen atoms in total. The fraction of sp³-hybridized carbons (Fsp3) is 0.806. The Morgan fingerprint density at radius 1 is 1.03 bits per heavy atom. The van der Waals surface area contributed by atoms with Crippen molar-refractivity contribution in [3.8, 4) is 0 Å². The molecule has 5 fully saturated rings. The molecule has 0 amide bonds. The van der Waals surface area contributed by atoms with Gasteiger partial charge >= 0.3 is 0 Å². The van der Waals surface area contributed by atoms with Gasteiger partial charge in [-0.25, -0.2) is 0 Å². The summed E-state index contributed by atoms with van der Waals surface area (Å²) < 4.78 is 0. The number of hydrogen-bond donors (Lipinski definition) is 3. The summed E-state index contributed by atoms with van der Waals surface area (Å²) in [5.74, 6) is 4.05. The van der Waals surface area contributed by atoms with Crippen LogP contribution in [0, 0.1) is 40.9 Å². The van der Waals surface area contributed by atoms with E-state index < -0.39 is 12.2 Å². The van der Waals surface area contributed by atoms with Gasteiger partial charge in [-0.2, -0.15) is 0 Å². The van der Waals surface area contributed by atoms with Gasteiger partial charge in [0.15, 0.2) is 0 Å². The van der Waals surface area contributed by atoms with Crippen LogP contribution in [0.25, 0.3) is 0 Å². The number of aliphatic hydroxyl groups is 2. The molecule has 11 atom stereocenters. The van der Waals surface area contributed by atoms with Crippen LogP contribution >= 0.6 is 0 Å². The normalized spacial score (nSPS) is 52.4. The van der Waals surface area contributed by atoms with Crippen molar-refractivity contribution in [2.45, 2.75) is 116 Å². The van der Waals surface area contributed by atoms with E-state index in [1.165, 1.54) is 62.5 Å². The first-order valence-electron chi connectivity index (χ1n) is 14.3. The van der Waals surface area contributed by atoms with Crippen LogP contribution in [-0.2, 0) is 0 Å². The molecule has 34 heavy (non-hydrogen) atoms. The van der Waals surface area contributed by atoms with Gasteiger partial charge in [-0.1, -0.05) is 41.9 Å². The zero-order chi connectivity index (χ0) is 24.0. The number of allylic oxidation sites excluding steroid dienone is 4. The van der Waals surface area contributed by atoms with Gasteiger partial charge in [-0.15, -0.1) is 0 Å². The maximum absolute atomic E-state index is 10.5. The van der Waals surface area contributed by atoms with Gasteiger partial charge in [-0.3, -0.25) is 0 Å². The predicted molar refractivity (Wildman–Crippen MR) is 138 cm³/mol. The van der Waals surface area contributed by atoms with Crippen molar-refractivity contribution in [2.24, 2.45) is 40.9 Å². The monoisotopic (exact) mass is 465 g/mol. The highest BCUT2D eigenvalue weighted by molar-refractivity contribution is 5.41. The summed E-state index contributed by atoms with van der Waals surface area (Å²) >= 11 is 0. The third kappa shape index (κ3) is 3.47. The highest BCUT2D eigenvalue weighted by Gasteiger charge is 2.62. The van der Waals surface area contributed by atoms with E-state index in [0.29, 0.717) is 35.1 Å². The molecular weight excluding hydrogens is 418 g/mol. The molecule has 0 aromatic rings. The van der Waals surface area contributed by atoms with Gasteiger partial charge in [0.25, 0.3) is 0 Å². The lowest BCUT2D eigenvalue weighted by Gasteiger charge is -2.51. The summed E-state index contributed by atoms with van der Waals surface area (Å²) in [6.07, 6.45) is 13.4. The van der Waals surface area contributed by atoms with E-state index in [9.17, 15) is 10.2 Å². The number of piperidine rings is 1. The zero-order valence-corrected chi connectivity index (χ0v) is 21.9. The van der Waals surface area contributed by atoms with Gasteiger partial charge in [0, 0.05) is 11.6 Å². The molecule has 6 aliphatic rings. The number of fused-ring (bicyclic) bond motifs is 6. The molecule has 3 heteroatoms. The quantitative estimate of drug-likeness (QED) is 0.443. The van der Waals surface area contributed by atoms with Gasteiger partial charge < -0.3 is 15.5 Å².